The molecule has 0 bridgehead atoms. The van der Waals surface area contributed by atoms with Gasteiger partial charge in [-0.1, -0.05) is 12.1 Å². The van der Waals surface area contributed by atoms with Gasteiger partial charge in [-0.3, -0.25) is 0 Å². The van der Waals surface area contributed by atoms with E-state index in [4.69, 9.17) is 5.73 Å². The van der Waals surface area contributed by atoms with Crippen molar-refractivity contribution in [1.29, 1.82) is 0 Å². The Labute approximate surface area is 111 Å². The smallest absolute Gasteiger partial charge is 0.0317 e. The molecule has 0 atom stereocenters. The lowest BCUT2D eigenvalue weighted by Gasteiger charge is -2.19. The molecule has 0 unspecified atom stereocenters. The van der Waals surface area contributed by atoms with Crippen LogP contribution < -0.4 is 5.73 Å². The fourth-order valence-corrected chi connectivity index (χ4v) is 2.65. The first kappa shape index (κ1) is 13.4. The number of nitrogens with zero attached hydrogens (tertiary/aromatic N) is 2. The van der Waals surface area contributed by atoms with Crippen molar-refractivity contribution in [3.8, 4) is 0 Å². The summed E-state index contributed by atoms with van der Waals surface area (Å²) in [5.74, 6) is 0. The Kier molecular flexibility index (Phi) is 5.02. The molecule has 1 aromatic rings. The molecule has 3 heteroatoms. The van der Waals surface area contributed by atoms with Crippen molar-refractivity contribution in [2.75, 3.05) is 39.0 Å². The fraction of sp³-hybridized carbons (Fsp3) is 0.600. The van der Waals surface area contributed by atoms with Crippen LogP contribution >= 0.6 is 0 Å². The van der Waals surface area contributed by atoms with E-state index in [1.165, 1.54) is 44.5 Å². The van der Waals surface area contributed by atoms with Crippen molar-refractivity contribution in [3.63, 3.8) is 0 Å². The summed E-state index contributed by atoms with van der Waals surface area (Å²) >= 11 is 0. The molecule has 0 aromatic heterocycles. The van der Waals surface area contributed by atoms with Gasteiger partial charge in [0.05, 0.1) is 0 Å². The maximum absolute atomic E-state index is 5.79. The second kappa shape index (κ2) is 6.76. The number of nitrogens with two attached hydrogens (primary N) is 1. The van der Waals surface area contributed by atoms with Crippen molar-refractivity contribution in [3.05, 3.63) is 29.8 Å². The number of nitrogen functional groups attached to an aromatic ring is 1. The van der Waals surface area contributed by atoms with Crippen molar-refractivity contribution in [1.82, 2.24) is 9.80 Å². The Bertz CT molecular complexity index is 359. The molecule has 0 aliphatic carbocycles. The molecular formula is C15H25N3. The average molecular weight is 247 g/mol. The predicted molar refractivity (Wildman–Crippen MR) is 77.5 cm³/mol. The van der Waals surface area contributed by atoms with Gasteiger partial charge in [0.15, 0.2) is 0 Å². The lowest BCUT2D eigenvalue weighted by Crippen LogP contribution is -2.26. The van der Waals surface area contributed by atoms with E-state index >= 15 is 0 Å². The van der Waals surface area contributed by atoms with Crippen molar-refractivity contribution in [2.24, 2.45) is 0 Å². The monoisotopic (exact) mass is 247 g/mol. The van der Waals surface area contributed by atoms with Crippen LogP contribution in [0.2, 0.25) is 0 Å². The molecule has 0 saturated carbocycles. The van der Waals surface area contributed by atoms with E-state index in [0.717, 1.165) is 18.8 Å². The van der Waals surface area contributed by atoms with Gasteiger partial charge in [-0.25, -0.2) is 0 Å². The minimum Gasteiger partial charge on any atom is -0.399 e. The minimum absolute atomic E-state index is 0.859. The van der Waals surface area contributed by atoms with Crippen molar-refractivity contribution in [2.45, 2.75) is 25.8 Å². The quantitative estimate of drug-likeness (QED) is 0.782. The summed E-state index contributed by atoms with van der Waals surface area (Å²) in [4.78, 5) is 4.96. The SMILES string of the molecule is CN(CCCN1CCCC1)Cc1cccc(N)c1. The van der Waals surface area contributed by atoms with Crippen LogP contribution in [0.25, 0.3) is 0 Å². The second-order valence-corrected chi connectivity index (χ2v) is 5.39. The first-order chi connectivity index (χ1) is 8.74. The van der Waals surface area contributed by atoms with E-state index in [2.05, 4.69) is 29.0 Å². The summed E-state index contributed by atoms with van der Waals surface area (Å²) < 4.78 is 0. The van der Waals surface area contributed by atoms with Crippen LogP contribution in [0.4, 0.5) is 5.69 Å². The van der Waals surface area contributed by atoms with E-state index in [9.17, 15) is 0 Å². The molecular weight excluding hydrogens is 222 g/mol. The van der Waals surface area contributed by atoms with Crippen LogP contribution in [0.3, 0.4) is 0 Å². The van der Waals surface area contributed by atoms with Gasteiger partial charge < -0.3 is 15.5 Å². The molecule has 100 valence electrons. The zero-order valence-electron chi connectivity index (χ0n) is 11.4. The summed E-state index contributed by atoms with van der Waals surface area (Å²) in [5, 5.41) is 0. The van der Waals surface area contributed by atoms with Crippen LogP contribution in [0.15, 0.2) is 24.3 Å². The number of benzene rings is 1. The number of anilines is 1. The third-order valence-electron chi connectivity index (χ3n) is 3.62. The Morgan fingerprint density at radius 1 is 1.28 bits per heavy atom. The molecule has 2 N–H and O–H groups in total. The average Bonchev–Trinajstić information content (AvgIpc) is 2.82. The van der Waals surface area contributed by atoms with E-state index in [0.29, 0.717) is 0 Å². The van der Waals surface area contributed by atoms with E-state index in [1.807, 2.05) is 12.1 Å². The summed E-state index contributed by atoms with van der Waals surface area (Å²) in [5.41, 5.74) is 7.96. The molecule has 3 nitrogen and oxygen atoms in total. The molecule has 18 heavy (non-hydrogen) atoms. The standard InChI is InChI=1S/C15H25N3/c1-17(8-5-11-18-9-2-3-10-18)13-14-6-4-7-15(16)12-14/h4,6-7,12H,2-3,5,8-11,13,16H2,1H3. The lowest BCUT2D eigenvalue weighted by molar-refractivity contribution is 0.275. The molecule has 2 rings (SSSR count). The Morgan fingerprint density at radius 3 is 2.78 bits per heavy atom. The van der Waals surface area contributed by atoms with Crippen LogP contribution in [-0.4, -0.2) is 43.0 Å². The molecule has 1 fully saturated rings. The summed E-state index contributed by atoms with van der Waals surface area (Å²) in [6.07, 6.45) is 4.04. The van der Waals surface area contributed by atoms with Crippen molar-refractivity contribution < 1.29 is 0 Å². The zero-order valence-corrected chi connectivity index (χ0v) is 11.4. The normalized spacial score (nSPS) is 16.6. The van der Waals surface area contributed by atoms with Gasteiger partial charge in [-0.2, -0.15) is 0 Å². The Balaban J connectivity index is 1.66. The molecule has 1 heterocycles. The van der Waals surface area contributed by atoms with Gasteiger partial charge >= 0.3 is 0 Å². The number of likely N-dealkylation sites (tertiary alicyclic amines) is 1. The van der Waals surface area contributed by atoms with E-state index in [-0.39, 0.29) is 0 Å². The molecule has 0 radical (unpaired) electrons. The van der Waals surface area contributed by atoms with Gasteiger partial charge in [-0.05, 0) is 70.2 Å². The number of rotatable bonds is 6. The topological polar surface area (TPSA) is 32.5 Å². The maximum atomic E-state index is 5.79. The predicted octanol–water partition coefficient (Wildman–Crippen LogP) is 2.19. The summed E-state index contributed by atoms with van der Waals surface area (Å²) in [6.45, 7) is 6.01. The molecule has 1 aliphatic heterocycles. The molecule has 1 saturated heterocycles. The molecule has 1 aliphatic rings. The maximum Gasteiger partial charge on any atom is 0.0317 e. The van der Waals surface area contributed by atoms with Gasteiger partial charge in [0.25, 0.3) is 0 Å². The summed E-state index contributed by atoms with van der Waals surface area (Å²) in [7, 11) is 2.19. The third-order valence-corrected chi connectivity index (χ3v) is 3.62. The Morgan fingerprint density at radius 2 is 2.06 bits per heavy atom. The number of hydrogen-bond acceptors (Lipinski definition) is 3. The highest BCUT2D eigenvalue weighted by Crippen LogP contribution is 2.10. The van der Waals surface area contributed by atoms with Crippen molar-refractivity contribution >= 4 is 5.69 Å². The first-order valence-corrected chi connectivity index (χ1v) is 6.99. The van der Waals surface area contributed by atoms with E-state index in [1.54, 1.807) is 0 Å². The third kappa shape index (κ3) is 4.31. The van der Waals surface area contributed by atoms with Gasteiger partial charge in [0, 0.05) is 12.2 Å². The first-order valence-electron chi connectivity index (χ1n) is 6.99. The highest BCUT2D eigenvalue weighted by Gasteiger charge is 2.10. The van der Waals surface area contributed by atoms with Crippen LogP contribution in [-0.2, 0) is 6.54 Å². The molecule has 0 spiro atoms. The van der Waals surface area contributed by atoms with Crippen LogP contribution in [0.1, 0.15) is 24.8 Å². The highest BCUT2D eigenvalue weighted by atomic mass is 15.1. The van der Waals surface area contributed by atoms with Crippen LogP contribution in [0.5, 0.6) is 0 Å². The summed E-state index contributed by atoms with van der Waals surface area (Å²) in [6, 6.07) is 8.18. The van der Waals surface area contributed by atoms with E-state index < -0.39 is 0 Å². The molecule has 1 aromatic carbocycles. The minimum atomic E-state index is 0.859. The fourth-order valence-electron chi connectivity index (χ4n) is 2.65. The Hall–Kier alpha value is -1.06. The van der Waals surface area contributed by atoms with Gasteiger partial charge in [0.1, 0.15) is 0 Å². The van der Waals surface area contributed by atoms with Gasteiger partial charge in [-0.15, -0.1) is 0 Å². The largest absolute Gasteiger partial charge is 0.399 e. The molecule has 0 amide bonds. The zero-order chi connectivity index (χ0) is 12.8. The second-order valence-electron chi connectivity index (χ2n) is 5.39. The highest BCUT2D eigenvalue weighted by molar-refractivity contribution is 5.40. The number of hydrogen-bond donors (Lipinski definition) is 1. The van der Waals surface area contributed by atoms with Gasteiger partial charge in [0.2, 0.25) is 0 Å². The van der Waals surface area contributed by atoms with Crippen LogP contribution in [0, 0.1) is 0 Å². The lowest BCUT2D eigenvalue weighted by atomic mass is 10.2.